The van der Waals surface area contributed by atoms with E-state index in [2.05, 4.69) is 5.32 Å². The molecule has 0 radical (unpaired) electrons. The Morgan fingerprint density at radius 2 is 1.96 bits per heavy atom. The van der Waals surface area contributed by atoms with Gasteiger partial charge in [-0.05, 0) is 49.7 Å². The van der Waals surface area contributed by atoms with E-state index in [4.69, 9.17) is 21.1 Å². The van der Waals surface area contributed by atoms with Crippen molar-refractivity contribution in [3.63, 3.8) is 0 Å². The van der Waals surface area contributed by atoms with Crippen molar-refractivity contribution in [2.75, 3.05) is 11.9 Å². The molecule has 0 aliphatic heterocycles. The van der Waals surface area contributed by atoms with Gasteiger partial charge in [0.1, 0.15) is 11.6 Å². The van der Waals surface area contributed by atoms with Crippen LogP contribution in [0.1, 0.15) is 12.5 Å². The molecule has 1 amide bonds. The van der Waals surface area contributed by atoms with Crippen LogP contribution in [-0.4, -0.2) is 24.6 Å². The molecule has 132 valence electrons. The Labute approximate surface area is 149 Å². The van der Waals surface area contributed by atoms with E-state index in [1.807, 2.05) is 0 Å². The number of hydrogen-bond acceptors (Lipinski definition) is 4. The van der Waals surface area contributed by atoms with Crippen molar-refractivity contribution in [1.29, 1.82) is 0 Å². The molecule has 5 nitrogen and oxygen atoms in total. The predicted molar refractivity (Wildman–Crippen MR) is 92.3 cm³/mol. The lowest BCUT2D eigenvalue weighted by Crippen LogP contribution is -2.32. The summed E-state index contributed by atoms with van der Waals surface area (Å²) in [6, 6.07) is 10.7. The van der Waals surface area contributed by atoms with Crippen LogP contribution in [0.3, 0.4) is 0 Å². The molecule has 0 saturated heterocycles. The number of carbonyl (C=O) groups excluding carboxylic acids is 2. The van der Waals surface area contributed by atoms with Crippen molar-refractivity contribution in [2.24, 2.45) is 0 Å². The summed E-state index contributed by atoms with van der Waals surface area (Å²) < 4.78 is 23.8. The Hall–Kier alpha value is -2.60. The monoisotopic (exact) mass is 365 g/mol. The fourth-order valence-electron chi connectivity index (χ4n) is 1.99. The summed E-state index contributed by atoms with van der Waals surface area (Å²) in [5.41, 5.74) is 0.786. The summed E-state index contributed by atoms with van der Waals surface area (Å²) in [5, 5.41) is 2.92. The van der Waals surface area contributed by atoms with Gasteiger partial charge in [0, 0.05) is 5.02 Å². The van der Waals surface area contributed by atoms with Gasteiger partial charge < -0.3 is 14.8 Å². The molecule has 0 bridgehead atoms. The number of aryl methyl sites for hydroxylation is 1. The quantitative estimate of drug-likeness (QED) is 0.792. The third kappa shape index (κ3) is 5.46. The second-order valence-electron chi connectivity index (χ2n) is 5.30. The van der Waals surface area contributed by atoms with Crippen LogP contribution in [0, 0.1) is 12.7 Å². The van der Waals surface area contributed by atoms with Gasteiger partial charge in [-0.2, -0.15) is 0 Å². The SMILES string of the molecule is Cc1cc(Cl)ccc1OCC(=O)O[C@@H](C)C(=O)Nc1ccccc1F. The molecule has 0 saturated carbocycles. The summed E-state index contributed by atoms with van der Waals surface area (Å²) in [7, 11) is 0. The first-order chi connectivity index (χ1) is 11.9. The molecule has 2 aromatic carbocycles. The number of ether oxygens (including phenoxy) is 2. The molecule has 0 fully saturated rings. The number of anilines is 1. The highest BCUT2D eigenvalue weighted by Crippen LogP contribution is 2.21. The normalized spacial score (nSPS) is 11.5. The van der Waals surface area contributed by atoms with E-state index in [1.54, 1.807) is 31.2 Å². The summed E-state index contributed by atoms with van der Waals surface area (Å²) >= 11 is 5.84. The Balaban J connectivity index is 1.85. The fourth-order valence-corrected chi connectivity index (χ4v) is 2.22. The predicted octanol–water partition coefficient (Wildman–Crippen LogP) is 3.74. The number of nitrogens with one attached hydrogen (secondary N) is 1. The van der Waals surface area contributed by atoms with Crippen molar-refractivity contribution < 1.29 is 23.5 Å². The van der Waals surface area contributed by atoms with Crippen LogP contribution in [0.15, 0.2) is 42.5 Å². The maximum Gasteiger partial charge on any atom is 0.344 e. The van der Waals surface area contributed by atoms with Gasteiger partial charge in [-0.15, -0.1) is 0 Å². The lowest BCUT2D eigenvalue weighted by molar-refractivity contribution is -0.155. The molecule has 0 spiro atoms. The van der Waals surface area contributed by atoms with E-state index < -0.39 is 23.8 Å². The molecule has 1 atom stereocenters. The lowest BCUT2D eigenvalue weighted by Gasteiger charge is -2.14. The van der Waals surface area contributed by atoms with Crippen LogP contribution in [0.5, 0.6) is 5.75 Å². The van der Waals surface area contributed by atoms with Gasteiger partial charge >= 0.3 is 5.97 Å². The second-order valence-corrected chi connectivity index (χ2v) is 5.74. The number of para-hydroxylation sites is 1. The maximum absolute atomic E-state index is 13.5. The van der Waals surface area contributed by atoms with E-state index in [0.717, 1.165) is 5.56 Å². The van der Waals surface area contributed by atoms with Crippen LogP contribution in [0.25, 0.3) is 0 Å². The molecule has 25 heavy (non-hydrogen) atoms. The number of rotatable bonds is 6. The molecular formula is C18H17ClFNO4. The Morgan fingerprint density at radius 1 is 1.24 bits per heavy atom. The fraction of sp³-hybridized carbons (Fsp3) is 0.222. The van der Waals surface area contributed by atoms with Gasteiger partial charge in [-0.3, -0.25) is 4.79 Å². The zero-order valence-corrected chi connectivity index (χ0v) is 14.5. The first-order valence-corrected chi connectivity index (χ1v) is 7.88. The van der Waals surface area contributed by atoms with Crippen LogP contribution in [-0.2, 0) is 14.3 Å². The lowest BCUT2D eigenvalue weighted by atomic mass is 10.2. The third-order valence-electron chi connectivity index (χ3n) is 3.29. The van der Waals surface area contributed by atoms with E-state index >= 15 is 0 Å². The van der Waals surface area contributed by atoms with E-state index in [9.17, 15) is 14.0 Å². The van der Waals surface area contributed by atoms with Crippen molar-refractivity contribution in [1.82, 2.24) is 0 Å². The molecule has 0 unspecified atom stereocenters. The maximum atomic E-state index is 13.5. The summed E-state index contributed by atoms with van der Waals surface area (Å²) in [6.07, 6.45) is -1.10. The number of halogens is 2. The molecule has 0 aliphatic rings. The molecule has 2 aromatic rings. The van der Waals surface area contributed by atoms with Gasteiger partial charge in [-0.25, -0.2) is 9.18 Å². The van der Waals surface area contributed by atoms with Gasteiger partial charge in [0.15, 0.2) is 12.7 Å². The van der Waals surface area contributed by atoms with Crippen LogP contribution >= 0.6 is 11.6 Å². The average Bonchev–Trinajstić information content (AvgIpc) is 2.56. The molecule has 0 aliphatic carbocycles. The molecule has 2 rings (SSSR count). The number of esters is 1. The Kier molecular flexibility index (Phi) is 6.36. The van der Waals surface area contributed by atoms with E-state index in [0.29, 0.717) is 10.8 Å². The molecule has 7 heteroatoms. The first-order valence-electron chi connectivity index (χ1n) is 7.50. The zero-order chi connectivity index (χ0) is 18.4. The summed E-state index contributed by atoms with van der Waals surface area (Å²) in [5.74, 6) is -1.44. The molecule has 0 aromatic heterocycles. The summed E-state index contributed by atoms with van der Waals surface area (Å²) in [6.45, 7) is 2.82. The van der Waals surface area contributed by atoms with Crippen molar-refractivity contribution in [3.05, 3.63) is 58.9 Å². The highest BCUT2D eigenvalue weighted by molar-refractivity contribution is 6.30. The number of carbonyl (C=O) groups is 2. The Morgan fingerprint density at radius 3 is 2.64 bits per heavy atom. The number of amides is 1. The van der Waals surface area contributed by atoms with Gasteiger partial charge in [0.05, 0.1) is 5.69 Å². The summed E-state index contributed by atoms with van der Waals surface area (Å²) in [4.78, 5) is 23.8. The second kappa shape index (κ2) is 8.48. The molecule has 0 heterocycles. The van der Waals surface area contributed by atoms with Gasteiger partial charge in [-0.1, -0.05) is 23.7 Å². The van der Waals surface area contributed by atoms with E-state index in [1.165, 1.54) is 25.1 Å². The van der Waals surface area contributed by atoms with Gasteiger partial charge in [0.25, 0.3) is 5.91 Å². The molecule has 1 N–H and O–H groups in total. The van der Waals surface area contributed by atoms with Crippen molar-refractivity contribution in [3.8, 4) is 5.75 Å². The standard InChI is InChI=1S/C18H17ClFNO4/c1-11-9-13(19)7-8-16(11)24-10-17(22)25-12(2)18(23)21-15-6-4-3-5-14(15)20/h3-9,12H,10H2,1-2H3,(H,21,23)/t12-/m0/s1. The molecular weight excluding hydrogens is 349 g/mol. The van der Waals surface area contributed by atoms with E-state index in [-0.39, 0.29) is 12.3 Å². The minimum absolute atomic E-state index is 0.0171. The largest absolute Gasteiger partial charge is 0.482 e. The highest BCUT2D eigenvalue weighted by Gasteiger charge is 2.19. The topological polar surface area (TPSA) is 64.6 Å². The number of benzene rings is 2. The average molecular weight is 366 g/mol. The number of hydrogen-bond donors (Lipinski definition) is 1. The van der Waals surface area contributed by atoms with Crippen LogP contribution in [0.2, 0.25) is 5.02 Å². The third-order valence-corrected chi connectivity index (χ3v) is 3.53. The Bertz CT molecular complexity index is 781. The van der Waals surface area contributed by atoms with Crippen molar-refractivity contribution >= 4 is 29.2 Å². The minimum Gasteiger partial charge on any atom is -0.482 e. The van der Waals surface area contributed by atoms with Crippen molar-refractivity contribution in [2.45, 2.75) is 20.0 Å². The zero-order valence-electron chi connectivity index (χ0n) is 13.7. The first kappa shape index (κ1) is 18.7. The minimum atomic E-state index is -1.10. The van der Waals surface area contributed by atoms with Crippen LogP contribution < -0.4 is 10.1 Å². The smallest absolute Gasteiger partial charge is 0.344 e. The van der Waals surface area contributed by atoms with Crippen LogP contribution in [0.4, 0.5) is 10.1 Å². The highest BCUT2D eigenvalue weighted by atomic mass is 35.5. The van der Waals surface area contributed by atoms with Gasteiger partial charge in [0.2, 0.25) is 0 Å².